The van der Waals surface area contributed by atoms with Crippen molar-refractivity contribution in [1.82, 2.24) is 0 Å². The lowest BCUT2D eigenvalue weighted by atomic mass is 9.68. The van der Waals surface area contributed by atoms with Crippen molar-refractivity contribution in [3.05, 3.63) is 53.6 Å². The molecule has 1 fully saturated rings. The third kappa shape index (κ3) is 1.36. The molecule has 2 N–H and O–H groups in total. The summed E-state index contributed by atoms with van der Waals surface area (Å²) in [6, 6.07) is 15.3. The van der Waals surface area contributed by atoms with E-state index in [1.807, 2.05) is 6.07 Å². The molecule has 0 aromatic heterocycles. The molecule has 2 aliphatic carbocycles. The number of nitrogen functional groups attached to an aromatic ring is 1. The predicted molar refractivity (Wildman–Crippen MR) is 80.2 cm³/mol. The van der Waals surface area contributed by atoms with Crippen molar-refractivity contribution < 1.29 is 0 Å². The van der Waals surface area contributed by atoms with Crippen LogP contribution < -0.4 is 5.73 Å². The third-order valence-corrected chi connectivity index (χ3v) is 5.03. The van der Waals surface area contributed by atoms with Crippen molar-refractivity contribution in [3.63, 3.8) is 0 Å². The van der Waals surface area contributed by atoms with Gasteiger partial charge in [-0.15, -0.1) is 0 Å². The second-order valence-electron chi connectivity index (χ2n) is 5.96. The SMILES string of the molecule is Nc1cccc2c1-c1ccccc1C21CCCCC1. The Morgan fingerprint density at radius 3 is 2.37 bits per heavy atom. The molecule has 19 heavy (non-hydrogen) atoms. The number of fused-ring (bicyclic) bond motifs is 5. The minimum atomic E-state index is 0.250. The lowest BCUT2D eigenvalue weighted by molar-refractivity contribution is 0.353. The molecule has 1 spiro atoms. The van der Waals surface area contributed by atoms with Crippen LogP contribution in [0.4, 0.5) is 5.69 Å². The Kier molecular flexibility index (Phi) is 2.26. The number of benzene rings is 2. The van der Waals surface area contributed by atoms with Gasteiger partial charge >= 0.3 is 0 Å². The lowest BCUT2D eigenvalue weighted by Gasteiger charge is -2.35. The fourth-order valence-corrected chi connectivity index (χ4v) is 4.23. The van der Waals surface area contributed by atoms with Crippen LogP contribution in [-0.4, -0.2) is 0 Å². The highest BCUT2D eigenvalue weighted by Gasteiger charge is 2.43. The second kappa shape index (κ2) is 3.86. The molecule has 0 radical (unpaired) electrons. The standard InChI is InChI=1S/C18H19N/c19-16-10-6-9-15-17(16)13-7-2-3-8-14(13)18(15)11-4-1-5-12-18/h2-3,6-10H,1,4-5,11-12,19H2. The molecule has 0 bridgehead atoms. The number of hydrogen-bond acceptors (Lipinski definition) is 1. The first-order valence-electron chi connectivity index (χ1n) is 7.32. The molecule has 96 valence electrons. The highest BCUT2D eigenvalue weighted by Crippen LogP contribution is 2.56. The molecule has 1 saturated carbocycles. The van der Waals surface area contributed by atoms with Crippen LogP contribution >= 0.6 is 0 Å². The van der Waals surface area contributed by atoms with Gasteiger partial charge in [0.15, 0.2) is 0 Å². The van der Waals surface area contributed by atoms with E-state index in [-0.39, 0.29) is 5.41 Å². The molecular weight excluding hydrogens is 230 g/mol. The molecule has 0 unspecified atom stereocenters. The van der Waals surface area contributed by atoms with Crippen LogP contribution in [0.3, 0.4) is 0 Å². The summed E-state index contributed by atoms with van der Waals surface area (Å²) in [7, 11) is 0. The molecule has 0 heterocycles. The summed E-state index contributed by atoms with van der Waals surface area (Å²) in [6.45, 7) is 0. The summed E-state index contributed by atoms with van der Waals surface area (Å²) in [5, 5.41) is 0. The molecule has 0 aliphatic heterocycles. The summed E-state index contributed by atoms with van der Waals surface area (Å²) in [5.74, 6) is 0. The van der Waals surface area contributed by atoms with E-state index in [0.29, 0.717) is 0 Å². The van der Waals surface area contributed by atoms with Gasteiger partial charge < -0.3 is 5.73 Å². The Hall–Kier alpha value is -1.76. The quantitative estimate of drug-likeness (QED) is 0.683. The first kappa shape index (κ1) is 11.1. The van der Waals surface area contributed by atoms with Crippen LogP contribution in [0.25, 0.3) is 11.1 Å². The van der Waals surface area contributed by atoms with Crippen LogP contribution in [0.15, 0.2) is 42.5 Å². The minimum absolute atomic E-state index is 0.250. The van der Waals surface area contributed by atoms with Crippen molar-refractivity contribution in [2.24, 2.45) is 0 Å². The van der Waals surface area contributed by atoms with E-state index < -0.39 is 0 Å². The Morgan fingerprint density at radius 2 is 1.53 bits per heavy atom. The molecule has 0 amide bonds. The van der Waals surface area contributed by atoms with Crippen LogP contribution in [-0.2, 0) is 5.41 Å². The summed E-state index contributed by atoms with van der Waals surface area (Å²) in [5.41, 5.74) is 13.1. The Labute approximate surface area is 114 Å². The van der Waals surface area contributed by atoms with Gasteiger partial charge in [0, 0.05) is 16.7 Å². The molecule has 1 nitrogen and oxygen atoms in total. The smallest absolute Gasteiger partial charge is 0.0396 e. The van der Waals surface area contributed by atoms with Crippen LogP contribution in [0.5, 0.6) is 0 Å². The van der Waals surface area contributed by atoms with Gasteiger partial charge in [-0.3, -0.25) is 0 Å². The fourth-order valence-electron chi connectivity index (χ4n) is 4.23. The molecular formula is C18H19N. The zero-order valence-corrected chi connectivity index (χ0v) is 11.2. The molecule has 0 saturated heterocycles. The van der Waals surface area contributed by atoms with E-state index in [4.69, 9.17) is 5.73 Å². The second-order valence-corrected chi connectivity index (χ2v) is 5.96. The summed E-state index contributed by atoms with van der Waals surface area (Å²) in [4.78, 5) is 0. The van der Waals surface area contributed by atoms with Crippen LogP contribution in [0.1, 0.15) is 43.2 Å². The van der Waals surface area contributed by atoms with Gasteiger partial charge in [-0.2, -0.15) is 0 Å². The zero-order chi connectivity index (χ0) is 12.9. The minimum Gasteiger partial charge on any atom is -0.398 e. The van der Waals surface area contributed by atoms with E-state index in [0.717, 1.165) is 5.69 Å². The van der Waals surface area contributed by atoms with Crippen LogP contribution in [0, 0.1) is 0 Å². The summed E-state index contributed by atoms with van der Waals surface area (Å²) in [6.07, 6.45) is 6.60. The van der Waals surface area contributed by atoms with E-state index in [2.05, 4.69) is 36.4 Å². The van der Waals surface area contributed by atoms with Gasteiger partial charge in [0.05, 0.1) is 0 Å². The molecule has 1 heteroatoms. The average molecular weight is 249 g/mol. The topological polar surface area (TPSA) is 26.0 Å². The molecule has 2 aromatic carbocycles. The highest BCUT2D eigenvalue weighted by atomic mass is 14.6. The maximum absolute atomic E-state index is 6.28. The third-order valence-electron chi connectivity index (χ3n) is 5.03. The monoisotopic (exact) mass is 249 g/mol. The van der Waals surface area contributed by atoms with E-state index in [1.165, 1.54) is 54.4 Å². The van der Waals surface area contributed by atoms with Crippen LogP contribution in [0.2, 0.25) is 0 Å². The van der Waals surface area contributed by atoms with Gasteiger partial charge in [0.2, 0.25) is 0 Å². The molecule has 4 rings (SSSR count). The van der Waals surface area contributed by atoms with Crippen molar-refractivity contribution in [1.29, 1.82) is 0 Å². The first-order valence-corrected chi connectivity index (χ1v) is 7.32. The van der Waals surface area contributed by atoms with E-state index in [9.17, 15) is 0 Å². The van der Waals surface area contributed by atoms with Gasteiger partial charge in [-0.25, -0.2) is 0 Å². The Bertz CT molecular complexity index is 636. The van der Waals surface area contributed by atoms with Gasteiger partial charge in [0.1, 0.15) is 0 Å². The first-order chi connectivity index (χ1) is 9.33. The maximum Gasteiger partial charge on any atom is 0.0396 e. The number of rotatable bonds is 0. The summed E-state index contributed by atoms with van der Waals surface area (Å²) < 4.78 is 0. The largest absolute Gasteiger partial charge is 0.398 e. The molecule has 2 aliphatic rings. The molecule has 0 atom stereocenters. The number of hydrogen-bond donors (Lipinski definition) is 1. The molecule has 2 aromatic rings. The normalized spacial score (nSPS) is 19.2. The van der Waals surface area contributed by atoms with E-state index >= 15 is 0 Å². The van der Waals surface area contributed by atoms with Gasteiger partial charge in [-0.05, 0) is 35.6 Å². The average Bonchev–Trinajstić information content (AvgIpc) is 2.73. The Balaban J connectivity index is 2.06. The predicted octanol–water partition coefficient (Wildman–Crippen LogP) is 4.50. The lowest BCUT2D eigenvalue weighted by Crippen LogP contribution is -2.27. The summed E-state index contributed by atoms with van der Waals surface area (Å²) >= 11 is 0. The fraction of sp³-hybridized carbons (Fsp3) is 0.333. The zero-order valence-electron chi connectivity index (χ0n) is 11.2. The number of nitrogens with two attached hydrogens (primary N) is 1. The van der Waals surface area contributed by atoms with Crippen molar-refractivity contribution >= 4 is 5.69 Å². The maximum atomic E-state index is 6.28. The van der Waals surface area contributed by atoms with E-state index in [1.54, 1.807) is 0 Å². The van der Waals surface area contributed by atoms with Crippen molar-refractivity contribution in [2.75, 3.05) is 5.73 Å². The van der Waals surface area contributed by atoms with Gasteiger partial charge in [0.25, 0.3) is 0 Å². The van der Waals surface area contributed by atoms with Gasteiger partial charge in [-0.1, -0.05) is 55.7 Å². The van der Waals surface area contributed by atoms with Crippen molar-refractivity contribution in [3.8, 4) is 11.1 Å². The Morgan fingerprint density at radius 1 is 0.789 bits per heavy atom. The highest BCUT2D eigenvalue weighted by molar-refractivity contribution is 5.88. The van der Waals surface area contributed by atoms with Crippen molar-refractivity contribution in [2.45, 2.75) is 37.5 Å². The number of anilines is 1.